The second-order valence-electron chi connectivity index (χ2n) is 3.40. The molecular weight excluding hydrogens is 307 g/mol. The average Bonchev–Trinajstić information content (AvgIpc) is 2.24. The fourth-order valence-electron chi connectivity index (χ4n) is 1.49. The van der Waals surface area contributed by atoms with Crippen molar-refractivity contribution < 1.29 is 26.3 Å². The molecule has 0 aliphatic heterocycles. The summed E-state index contributed by atoms with van der Waals surface area (Å²) < 4.78 is 62.5. The number of benzene rings is 1. The van der Waals surface area contributed by atoms with Gasteiger partial charge in [0.1, 0.15) is 5.75 Å². The van der Waals surface area contributed by atoms with E-state index < -0.39 is 26.1 Å². The number of rotatable bonds is 3. The summed E-state index contributed by atoms with van der Waals surface area (Å²) in [6.45, 7) is 1.55. The van der Waals surface area contributed by atoms with E-state index in [1.54, 1.807) is 13.0 Å². The summed E-state index contributed by atoms with van der Waals surface area (Å²) in [4.78, 5) is -0.560. The number of halogens is 4. The van der Waals surface area contributed by atoms with Crippen LogP contribution < -0.4 is 4.74 Å². The lowest BCUT2D eigenvalue weighted by atomic mass is 10.1. The van der Waals surface area contributed by atoms with Crippen LogP contribution in [0.15, 0.2) is 17.0 Å². The summed E-state index contributed by atoms with van der Waals surface area (Å²) in [5.74, 6) is -0.805. The van der Waals surface area contributed by atoms with Crippen molar-refractivity contribution in [2.75, 3.05) is 0 Å². The Morgan fingerprint density at radius 1 is 1.42 bits per heavy atom. The van der Waals surface area contributed by atoms with E-state index in [1.165, 1.54) is 0 Å². The third-order valence-electron chi connectivity index (χ3n) is 2.15. The van der Waals surface area contributed by atoms with Crippen molar-refractivity contribution in [2.45, 2.75) is 24.6 Å². The van der Waals surface area contributed by atoms with Gasteiger partial charge in [0.05, 0.1) is 16.5 Å². The van der Waals surface area contributed by atoms with E-state index >= 15 is 0 Å². The normalized spacial score (nSPS) is 12.0. The van der Waals surface area contributed by atoms with Gasteiger partial charge in [-0.3, -0.25) is 0 Å². The molecule has 0 saturated heterocycles. The van der Waals surface area contributed by atoms with Crippen LogP contribution in [0.25, 0.3) is 0 Å². The van der Waals surface area contributed by atoms with Crippen LogP contribution in [-0.4, -0.2) is 14.8 Å². The summed E-state index contributed by atoms with van der Waals surface area (Å²) >= 11 is 0. The standard InChI is InChI=1S/C10H7ClF3NO3S/c1-2-8-6(5-15)3-7(18-10(12,13)14)4-9(8)19(11,16)17/h3-4H,2H2,1H3. The van der Waals surface area contributed by atoms with Gasteiger partial charge in [-0.2, -0.15) is 5.26 Å². The molecule has 0 spiro atoms. The van der Waals surface area contributed by atoms with E-state index in [0.29, 0.717) is 6.07 Å². The number of hydrogen-bond acceptors (Lipinski definition) is 4. The summed E-state index contributed by atoms with van der Waals surface area (Å²) in [6, 6.07) is 3.08. The maximum Gasteiger partial charge on any atom is 0.573 e. The molecule has 0 aromatic heterocycles. The average molecular weight is 314 g/mol. The molecule has 19 heavy (non-hydrogen) atoms. The van der Waals surface area contributed by atoms with Crippen molar-refractivity contribution in [3.8, 4) is 11.8 Å². The Morgan fingerprint density at radius 3 is 2.37 bits per heavy atom. The van der Waals surface area contributed by atoms with Crippen molar-refractivity contribution >= 4 is 19.7 Å². The zero-order valence-corrected chi connectivity index (χ0v) is 11.0. The highest BCUT2D eigenvalue weighted by Gasteiger charge is 2.32. The lowest BCUT2D eigenvalue weighted by Gasteiger charge is -2.13. The Kier molecular flexibility index (Phi) is 4.32. The van der Waals surface area contributed by atoms with Crippen LogP contribution in [0.1, 0.15) is 18.1 Å². The lowest BCUT2D eigenvalue weighted by molar-refractivity contribution is -0.274. The predicted molar refractivity (Wildman–Crippen MR) is 60.3 cm³/mol. The maximum absolute atomic E-state index is 12.1. The molecule has 0 fully saturated rings. The molecule has 0 radical (unpaired) electrons. The zero-order chi connectivity index (χ0) is 14.8. The van der Waals surface area contributed by atoms with Gasteiger partial charge in [-0.05, 0) is 18.1 Å². The van der Waals surface area contributed by atoms with Crippen LogP contribution >= 0.6 is 10.7 Å². The molecule has 1 rings (SSSR count). The molecular formula is C10H7ClF3NO3S. The molecule has 1 aromatic rings. The van der Waals surface area contributed by atoms with Gasteiger partial charge in [0.25, 0.3) is 9.05 Å². The first kappa shape index (κ1) is 15.6. The van der Waals surface area contributed by atoms with Gasteiger partial charge < -0.3 is 4.74 Å². The first-order valence-electron chi connectivity index (χ1n) is 4.86. The summed E-state index contributed by atoms with van der Waals surface area (Å²) in [6.07, 6.45) is -4.87. The Morgan fingerprint density at radius 2 is 2.00 bits per heavy atom. The van der Waals surface area contributed by atoms with Gasteiger partial charge in [0, 0.05) is 16.7 Å². The second-order valence-corrected chi connectivity index (χ2v) is 5.93. The number of ether oxygens (including phenoxy) is 1. The van der Waals surface area contributed by atoms with Crippen LogP contribution in [-0.2, 0) is 15.5 Å². The molecule has 0 bridgehead atoms. The molecule has 0 N–H and O–H groups in total. The van der Waals surface area contributed by atoms with E-state index in [9.17, 15) is 21.6 Å². The molecule has 0 aliphatic carbocycles. The predicted octanol–water partition coefficient (Wildman–Crippen LogP) is 2.95. The minimum Gasteiger partial charge on any atom is -0.406 e. The highest BCUT2D eigenvalue weighted by molar-refractivity contribution is 8.13. The first-order chi connectivity index (χ1) is 8.58. The number of nitrogens with zero attached hydrogens (tertiary/aromatic N) is 1. The third kappa shape index (κ3) is 4.01. The minimum atomic E-state index is -4.99. The van der Waals surface area contributed by atoms with Crippen molar-refractivity contribution in [1.82, 2.24) is 0 Å². The summed E-state index contributed by atoms with van der Waals surface area (Å²) in [5, 5.41) is 8.84. The minimum absolute atomic E-state index is 0.0482. The van der Waals surface area contributed by atoms with Gasteiger partial charge in [0.2, 0.25) is 0 Å². The van der Waals surface area contributed by atoms with Gasteiger partial charge in [-0.25, -0.2) is 8.42 Å². The van der Waals surface area contributed by atoms with Crippen molar-refractivity contribution in [1.29, 1.82) is 5.26 Å². The number of hydrogen-bond donors (Lipinski definition) is 0. The number of nitriles is 1. The molecule has 0 atom stereocenters. The summed E-state index contributed by atoms with van der Waals surface area (Å²) in [5.41, 5.74) is -0.185. The van der Waals surface area contributed by atoms with Crippen LogP contribution in [0.4, 0.5) is 13.2 Å². The Bertz CT molecular complexity index is 635. The first-order valence-corrected chi connectivity index (χ1v) is 7.17. The highest BCUT2D eigenvalue weighted by Crippen LogP contribution is 2.31. The third-order valence-corrected chi connectivity index (χ3v) is 3.54. The van der Waals surface area contributed by atoms with Crippen molar-refractivity contribution in [2.24, 2.45) is 0 Å². The van der Waals surface area contributed by atoms with Crippen LogP contribution in [0.3, 0.4) is 0 Å². The molecule has 104 valence electrons. The zero-order valence-electron chi connectivity index (χ0n) is 9.45. The maximum atomic E-state index is 12.1. The second kappa shape index (κ2) is 5.27. The van der Waals surface area contributed by atoms with Crippen LogP contribution in [0, 0.1) is 11.3 Å². The smallest absolute Gasteiger partial charge is 0.406 e. The molecule has 1 aromatic carbocycles. The van der Waals surface area contributed by atoms with Gasteiger partial charge >= 0.3 is 6.36 Å². The van der Waals surface area contributed by atoms with E-state index in [-0.39, 0.29) is 17.5 Å². The van der Waals surface area contributed by atoms with E-state index in [2.05, 4.69) is 4.74 Å². The molecule has 9 heteroatoms. The SMILES string of the molecule is CCc1c(C#N)cc(OC(F)(F)F)cc1S(=O)(=O)Cl. The van der Waals surface area contributed by atoms with Gasteiger partial charge in [0.15, 0.2) is 0 Å². The highest BCUT2D eigenvalue weighted by atomic mass is 35.7. The molecule has 0 amide bonds. The Hall–Kier alpha value is -1.46. The molecule has 4 nitrogen and oxygen atoms in total. The van der Waals surface area contributed by atoms with E-state index in [0.717, 1.165) is 6.07 Å². The number of alkyl halides is 3. The van der Waals surface area contributed by atoms with E-state index in [1.807, 2.05) is 0 Å². The van der Waals surface area contributed by atoms with Crippen LogP contribution in [0.2, 0.25) is 0 Å². The largest absolute Gasteiger partial charge is 0.573 e. The molecule has 0 aliphatic rings. The van der Waals surface area contributed by atoms with Gasteiger partial charge in [-0.1, -0.05) is 6.92 Å². The van der Waals surface area contributed by atoms with Crippen LogP contribution in [0.5, 0.6) is 5.75 Å². The monoisotopic (exact) mass is 313 g/mol. The summed E-state index contributed by atoms with van der Waals surface area (Å²) in [7, 11) is 0.858. The van der Waals surface area contributed by atoms with Gasteiger partial charge in [-0.15, -0.1) is 13.2 Å². The van der Waals surface area contributed by atoms with E-state index in [4.69, 9.17) is 15.9 Å². The topological polar surface area (TPSA) is 67.2 Å². The quantitative estimate of drug-likeness (QED) is 0.805. The molecule has 0 heterocycles. The van der Waals surface area contributed by atoms with Crippen molar-refractivity contribution in [3.05, 3.63) is 23.3 Å². The molecule has 0 saturated carbocycles. The fourth-order valence-corrected chi connectivity index (χ4v) is 2.71. The Labute approximate surface area is 111 Å². The Balaban J connectivity index is 3.54. The fraction of sp³-hybridized carbons (Fsp3) is 0.300. The lowest BCUT2D eigenvalue weighted by Crippen LogP contribution is -2.17. The van der Waals surface area contributed by atoms with Crippen molar-refractivity contribution in [3.63, 3.8) is 0 Å². The molecule has 0 unspecified atom stereocenters.